The molecule has 0 radical (unpaired) electrons. The van der Waals surface area contributed by atoms with E-state index in [-0.39, 0.29) is 11.5 Å². The van der Waals surface area contributed by atoms with Crippen LogP contribution in [-0.4, -0.2) is 48.8 Å². The van der Waals surface area contributed by atoms with Crippen molar-refractivity contribution in [3.05, 3.63) is 0 Å². The summed E-state index contributed by atoms with van der Waals surface area (Å²) in [6, 6.07) is -0.364. The van der Waals surface area contributed by atoms with Crippen LogP contribution < -0.4 is 0 Å². The van der Waals surface area contributed by atoms with Gasteiger partial charge >= 0.3 is 5.97 Å². The lowest BCUT2D eigenvalue weighted by Crippen LogP contribution is -2.47. The molecule has 4 nitrogen and oxygen atoms in total. The number of likely N-dealkylation sites (tertiary alicyclic amines) is 1. The monoisotopic (exact) mass is 215 g/mol. The molecule has 1 rings (SSSR count). The van der Waals surface area contributed by atoms with Crippen LogP contribution in [-0.2, 0) is 9.53 Å². The first-order chi connectivity index (χ1) is 6.98. The molecular weight excluding hydrogens is 194 g/mol. The second kappa shape index (κ2) is 4.94. The molecule has 0 amide bonds. The summed E-state index contributed by atoms with van der Waals surface area (Å²) in [4.78, 5) is 12.8. The number of nitrogens with zero attached hydrogens (tertiary/aromatic N) is 1. The van der Waals surface area contributed by atoms with Crippen molar-refractivity contribution in [1.82, 2.24) is 4.90 Å². The van der Waals surface area contributed by atoms with Gasteiger partial charge in [0.2, 0.25) is 0 Å². The third-order valence-electron chi connectivity index (χ3n) is 3.40. The highest BCUT2D eigenvalue weighted by Gasteiger charge is 2.33. The summed E-state index contributed by atoms with van der Waals surface area (Å²) in [5.41, 5.74) is 0.226. The standard InChI is InChI=1S/C11H21NO3/c1-9(10(13)14)12-6-4-11(2,5-7-12)8-15-3/h9H,4-8H2,1-3H3,(H,13,14)/t9-/m1/s1. The Hall–Kier alpha value is -0.610. The first-order valence-electron chi connectivity index (χ1n) is 5.44. The molecule has 0 saturated carbocycles. The number of methoxy groups -OCH3 is 1. The molecule has 1 saturated heterocycles. The summed E-state index contributed by atoms with van der Waals surface area (Å²) >= 11 is 0. The van der Waals surface area contributed by atoms with Crippen LogP contribution in [0.3, 0.4) is 0 Å². The van der Waals surface area contributed by atoms with E-state index in [9.17, 15) is 4.79 Å². The van der Waals surface area contributed by atoms with Crippen LogP contribution in [0.4, 0.5) is 0 Å². The molecule has 0 aromatic carbocycles. The Morgan fingerprint density at radius 1 is 1.53 bits per heavy atom. The van der Waals surface area contributed by atoms with Gasteiger partial charge in [0, 0.05) is 7.11 Å². The minimum Gasteiger partial charge on any atom is -0.480 e. The first-order valence-corrected chi connectivity index (χ1v) is 5.44. The van der Waals surface area contributed by atoms with Gasteiger partial charge in [0.05, 0.1) is 6.61 Å². The molecule has 15 heavy (non-hydrogen) atoms. The highest BCUT2D eigenvalue weighted by molar-refractivity contribution is 5.72. The maximum Gasteiger partial charge on any atom is 0.320 e. The molecule has 1 atom stereocenters. The quantitative estimate of drug-likeness (QED) is 0.765. The Balaban J connectivity index is 2.45. The normalized spacial score (nSPS) is 23.7. The molecule has 0 aromatic rings. The largest absolute Gasteiger partial charge is 0.480 e. The number of carbonyl (C=O) groups is 1. The first kappa shape index (κ1) is 12.5. The van der Waals surface area contributed by atoms with E-state index >= 15 is 0 Å². The number of hydrogen-bond acceptors (Lipinski definition) is 3. The van der Waals surface area contributed by atoms with Crippen molar-refractivity contribution < 1.29 is 14.6 Å². The van der Waals surface area contributed by atoms with Gasteiger partial charge in [-0.15, -0.1) is 0 Å². The average Bonchev–Trinajstić information content (AvgIpc) is 2.18. The van der Waals surface area contributed by atoms with Gasteiger partial charge in [-0.1, -0.05) is 6.92 Å². The Kier molecular flexibility index (Phi) is 4.11. The van der Waals surface area contributed by atoms with Crippen molar-refractivity contribution >= 4 is 5.97 Å². The van der Waals surface area contributed by atoms with E-state index in [1.165, 1.54) is 0 Å². The number of piperidine rings is 1. The molecule has 1 N–H and O–H groups in total. The van der Waals surface area contributed by atoms with Crippen LogP contribution >= 0.6 is 0 Å². The van der Waals surface area contributed by atoms with Crippen LogP contribution in [0, 0.1) is 5.41 Å². The Bertz CT molecular complexity index is 222. The second-order valence-corrected chi connectivity index (χ2v) is 4.79. The number of carboxylic acids is 1. The van der Waals surface area contributed by atoms with Crippen molar-refractivity contribution in [2.45, 2.75) is 32.7 Å². The van der Waals surface area contributed by atoms with E-state index in [0.717, 1.165) is 32.5 Å². The number of hydrogen-bond donors (Lipinski definition) is 1. The maximum absolute atomic E-state index is 10.8. The van der Waals surface area contributed by atoms with Gasteiger partial charge in [0.1, 0.15) is 6.04 Å². The SMILES string of the molecule is COCC1(C)CCN([C@H](C)C(=O)O)CC1. The van der Waals surface area contributed by atoms with Crippen molar-refractivity contribution in [2.75, 3.05) is 26.8 Å². The molecule has 88 valence electrons. The molecule has 0 bridgehead atoms. The lowest BCUT2D eigenvalue weighted by Gasteiger charge is -2.40. The summed E-state index contributed by atoms with van der Waals surface area (Å²) < 4.78 is 5.19. The van der Waals surface area contributed by atoms with Crippen LogP contribution in [0.5, 0.6) is 0 Å². The molecule has 1 fully saturated rings. The molecular formula is C11H21NO3. The highest BCUT2D eigenvalue weighted by Crippen LogP contribution is 2.31. The smallest absolute Gasteiger partial charge is 0.320 e. The average molecular weight is 215 g/mol. The van der Waals surface area contributed by atoms with Crippen molar-refractivity contribution in [2.24, 2.45) is 5.41 Å². The molecule has 0 unspecified atom stereocenters. The zero-order valence-electron chi connectivity index (χ0n) is 9.82. The fourth-order valence-corrected chi connectivity index (χ4v) is 2.10. The number of rotatable bonds is 4. The van der Waals surface area contributed by atoms with E-state index < -0.39 is 5.97 Å². The molecule has 0 spiro atoms. The van der Waals surface area contributed by atoms with Crippen LogP contribution in [0.1, 0.15) is 26.7 Å². The molecule has 4 heteroatoms. The van der Waals surface area contributed by atoms with Crippen molar-refractivity contribution in [1.29, 1.82) is 0 Å². The zero-order chi connectivity index (χ0) is 11.5. The predicted octanol–water partition coefficient (Wildman–Crippen LogP) is 1.21. The van der Waals surface area contributed by atoms with Crippen molar-refractivity contribution in [3.63, 3.8) is 0 Å². The van der Waals surface area contributed by atoms with E-state index in [4.69, 9.17) is 9.84 Å². The summed E-state index contributed by atoms with van der Waals surface area (Å²) in [6.07, 6.45) is 2.02. The fraction of sp³-hybridized carbons (Fsp3) is 0.909. The van der Waals surface area contributed by atoms with Crippen LogP contribution in [0.2, 0.25) is 0 Å². The predicted molar refractivity (Wildman–Crippen MR) is 57.9 cm³/mol. The second-order valence-electron chi connectivity index (χ2n) is 4.79. The fourth-order valence-electron chi connectivity index (χ4n) is 2.10. The molecule has 1 heterocycles. The Morgan fingerprint density at radius 2 is 2.07 bits per heavy atom. The summed E-state index contributed by atoms with van der Waals surface area (Å²) in [6.45, 7) is 6.43. The van der Waals surface area contributed by atoms with Crippen LogP contribution in [0.15, 0.2) is 0 Å². The molecule has 0 aliphatic carbocycles. The highest BCUT2D eigenvalue weighted by atomic mass is 16.5. The van der Waals surface area contributed by atoms with Gasteiger partial charge in [-0.25, -0.2) is 0 Å². The summed E-state index contributed by atoms with van der Waals surface area (Å²) in [5, 5.41) is 8.90. The van der Waals surface area contributed by atoms with E-state index in [1.807, 2.05) is 4.90 Å². The van der Waals surface area contributed by atoms with Crippen LogP contribution in [0.25, 0.3) is 0 Å². The third-order valence-corrected chi connectivity index (χ3v) is 3.40. The summed E-state index contributed by atoms with van der Waals surface area (Å²) in [7, 11) is 1.72. The third kappa shape index (κ3) is 3.18. The van der Waals surface area contributed by atoms with E-state index in [2.05, 4.69) is 6.92 Å². The minimum atomic E-state index is -0.731. The van der Waals surface area contributed by atoms with Gasteiger partial charge in [-0.05, 0) is 38.3 Å². The van der Waals surface area contributed by atoms with Gasteiger partial charge in [0.15, 0.2) is 0 Å². The van der Waals surface area contributed by atoms with E-state index in [1.54, 1.807) is 14.0 Å². The van der Waals surface area contributed by atoms with Gasteiger partial charge in [0.25, 0.3) is 0 Å². The zero-order valence-corrected chi connectivity index (χ0v) is 9.82. The molecule has 1 aliphatic heterocycles. The van der Waals surface area contributed by atoms with Gasteiger partial charge < -0.3 is 9.84 Å². The van der Waals surface area contributed by atoms with E-state index in [0.29, 0.717) is 0 Å². The number of aliphatic carboxylic acids is 1. The molecule has 0 aromatic heterocycles. The summed E-state index contributed by atoms with van der Waals surface area (Å²) in [5.74, 6) is -0.731. The van der Waals surface area contributed by atoms with Gasteiger partial charge in [-0.2, -0.15) is 0 Å². The lowest BCUT2D eigenvalue weighted by atomic mass is 9.81. The van der Waals surface area contributed by atoms with Gasteiger partial charge in [-0.3, -0.25) is 9.69 Å². The minimum absolute atomic E-state index is 0.226. The Morgan fingerprint density at radius 3 is 2.47 bits per heavy atom. The maximum atomic E-state index is 10.8. The lowest BCUT2D eigenvalue weighted by molar-refractivity contribution is -0.143. The number of carboxylic acid groups (broad SMARTS) is 1. The number of ether oxygens (including phenoxy) is 1. The Labute approximate surface area is 91.2 Å². The molecule has 1 aliphatic rings. The topological polar surface area (TPSA) is 49.8 Å². The van der Waals surface area contributed by atoms with Crippen molar-refractivity contribution in [3.8, 4) is 0 Å².